The van der Waals surface area contributed by atoms with E-state index in [-0.39, 0.29) is 4.82 Å². The molecule has 2 rings (SSSR count). The highest BCUT2D eigenvalue weighted by molar-refractivity contribution is 9.18. The van der Waals surface area contributed by atoms with Crippen LogP contribution in [-0.4, -0.2) is 28.3 Å². The summed E-state index contributed by atoms with van der Waals surface area (Å²) in [6, 6.07) is 5.51. The first-order valence-corrected chi connectivity index (χ1v) is 5.88. The number of nitrogens with one attached hydrogen (secondary N) is 1. The molecule has 5 nitrogen and oxygen atoms in total. The first kappa shape index (κ1) is 11.9. The number of carbonyl (C=O) groups is 1. The number of H-pyrrole nitrogens is 1. The van der Waals surface area contributed by atoms with Gasteiger partial charge in [0.05, 0.1) is 5.52 Å². The number of hydrogen-bond acceptors (Lipinski definition) is 3. The lowest BCUT2D eigenvalue weighted by Crippen LogP contribution is -2.23. The van der Waals surface area contributed by atoms with Gasteiger partial charge in [-0.3, -0.25) is 9.78 Å². The molecule has 6 heteroatoms. The molecule has 0 aliphatic rings. The Kier molecular flexibility index (Phi) is 3.33. The van der Waals surface area contributed by atoms with Crippen molar-refractivity contribution in [1.82, 2.24) is 9.88 Å². The molecule has 1 aromatic carbocycles. The topological polar surface area (TPSA) is 66.3 Å². The maximum Gasteiger partial charge on any atom is 0.417 e. The molecule has 0 saturated heterocycles. The van der Waals surface area contributed by atoms with Gasteiger partial charge in [0, 0.05) is 29.5 Å². The summed E-state index contributed by atoms with van der Waals surface area (Å²) in [5.41, 5.74) is 2.24. The Balaban J connectivity index is 2.14. The summed E-state index contributed by atoms with van der Waals surface area (Å²) in [5.74, 6) is -0.454. The number of rotatable bonds is 3. The van der Waals surface area contributed by atoms with Crippen LogP contribution in [0.25, 0.3) is 11.1 Å². The van der Waals surface area contributed by atoms with Crippen LogP contribution >= 0.6 is 15.9 Å². The highest BCUT2D eigenvalue weighted by atomic mass is 79.9. The van der Waals surface area contributed by atoms with Crippen molar-refractivity contribution in [3.8, 4) is 0 Å². The molecule has 0 atom stereocenters. The van der Waals surface area contributed by atoms with Gasteiger partial charge in [0.1, 0.15) is 0 Å². The van der Waals surface area contributed by atoms with Crippen LogP contribution in [0, 0.1) is 0 Å². The number of amides is 1. The van der Waals surface area contributed by atoms with Crippen LogP contribution in [0.2, 0.25) is 0 Å². The van der Waals surface area contributed by atoms with Gasteiger partial charge in [-0.25, -0.2) is 4.79 Å². The number of aromatic nitrogens is 1. The average Bonchev–Trinajstić information content (AvgIpc) is 2.64. The van der Waals surface area contributed by atoms with Crippen molar-refractivity contribution in [3.05, 3.63) is 34.3 Å². The Hall–Kier alpha value is -1.56. The van der Waals surface area contributed by atoms with Crippen molar-refractivity contribution in [3.63, 3.8) is 0 Å². The summed E-state index contributed by atoms with van der Waals surface area (Å²) >= 11 is 2.88. The van der Waals surface area contributed by atoms with E-state index in [9.17, 15) is 9.59 Å². The zero-order chi connectivity index (χ0) is 12.4. The van der Waals surface area contributed by atoms with Crippen LogP contribution in [0.5, 0.6) is 0 Å². The van der Waals surface area contributed by atoms with Crippen molar-refractivity contribution >= 4 is 31.8 Å². The highest BCUT2D eigenvalue weighted by Gasteiger charge is 2.06. The summed E-state index contributed by atoms with van der Waals surface area (Å²) in [5, 5.41) is 0. The minimum Gasteiger partial charge on any atom is -0.408 e. The molecule has 1 aromatic heterocycles. The van der Waals surface area contributed by atoms with Crippen LogP contribution < -0.4 is 5.76 Å². The second-order valence-electron chi connectivity index (χ2n) is 3.77. The first-order chi connectivity index (χ1) is 8.06. The molecule has 0 radical (unpaired) electrons. The van der Waals surface area contributed by atoms with Gasteiger partial charge >= 0.3 is 5.76 Å². The Bertz CT molecular complexity index is 602. The van der Waals surface area contributed by atoms with Gasteiger partial charge < -0.3 is 9.32 Å². The van der Waals surface area contributed by atoms with Crippen LogP contribution in [0.15, 0.2) is 27.4 Å². The van der Waals surface area contributed by atoms with Crippen LogP contribution in [0.4, 0.5) is 4.79 Å². The number of aromatic amines is 1. The van der Waals surface area contributed by atoms with Gasteiger partial charge in [0.15, 0.2) is 5.58 Å². The number of likely N-dealkylation sites (N-methyl/N-ethyl adjacent to an activating group) is 1. The van der Waals surface area contributed by atoms with Gasteiger partial charge in [-0.05, 0) is 24.1 Å². The summed E-state index contributed by atoms with van der Waals surface area (Å²) < 4.78 is 4.96. The molecule has 1 N–H and O–H groups in total. The van der Waals surface area contributed by atoms with Gasteiger partial charge in [0.25, 0.3) is 4.82 Å². The van der Waals surface area contributed by atoms with E-state index in [0.717, 1.165) is 5.56 Å². The quantitative estimate of drug-likeness (QED) is 0.697. The normalized spacial score (nSPS) is 10.7. The second-order valence-corrected chi connectivity index (χ2v) is 4.45. The Morgan fingerprint density at radius 1 is 1.53 bits per heavy atom. The molecule has 17 heavy (non-hydrogen) atoms. The van der Waals surface area contributed by atoms with Crippen LogP contribution in [0.1, 0.15) is 5.56 Å². The summed E-state index contributed by atoms with van der Waals surface area (Å²) in [6.07, 6.45) is 0.707. The molecule has 0 bridgehead atoms. The molecule has 0 aliphatic heterocycles. The molecular formula is C11H11BrN2O3. The van der Waals surface area contributed by atoms with E-state index in [0.29, 0.717) is 24.1 Å². The van der Waals surface area contributed by atoms with Crippen molar-refractivity contribution in [2.45, 2.75) is 6.42 Å². The van der Waals surface area contributed by atoms with Crippen molar-refractivity contribution in [1.29, 1.82) is 0 Å². The summed E-state index contributed by atoms with van der Waals surface area (Å²) in [6.45, 7) is 0.601. The fourth-order valence-corrected chi connectivity index (χ4v) is 1.71. The number of carbonyl (C=O) groups excluding carboxylic acids is 1. The standard InChI is InChI=1S/C11H11BrN2O3/c1-14(10(12)15)5-4-7-2-3-8-9(6-7)17-11(16)13-8/h2-3,6H,4-5H2,1H3,(H,13,16). The maximum absolute atomic E-state index is 11.0. The molecule has 1 heterocycles. The van der Waals surface area contributed by atoms with Crippen LogP contribution in [-0.2, 0) is 6.42 Å². The van der Waals surface area contributed by atoms with Gasteiger partial charge in [-0.2, -0.15) is 0 Å². The number of halogens is 1. The summed E-state index contributed by atoms with van der Waals surface area (Å²) in [7, 11) is 1.71. The van der Waals surface area contributed by atoms with E-state index in [4.69, 9.17) is 4.42 Å². The average molecular weight is 299 g/mol. The Morgan fingerprint density at radius 2 is 2.29 bits per heavy atom. The summed E-state index contributed by atoms with van der Waals surface area (Å²) in [4.78, 5) is 25.9. The smallest absolute Gasteiger partial charge is 0.408 e. The Labute approximate surface area is 106 Å². The predicted octanol–water partition coefficient (Wildman–Crippen LogP) is 2.11. The molecule has 0 saturated carbocycles. The molecule has 90 valence electrons. The fourth-order valence-electron chi connectivity index (χ4n) is 1.53. The van der Waals surface area contributed by atoms with Gasteiger partial charge in [-0.1, -0.05) is 6.07 Å². The number of hydrogen-bond donors (Lipinski definition) is 1. The van der Waals surface area contributed by atoms with Gasteiger partial charge in [0.2, 0.25) is 0 Å². The lowest BCUT2D eigenvalue weighted by molar-refractivity contribution is 0.235. The third-order valence-electron chi connectivity index (χ3n) is 2.52. The molecule has 1 amide bonds. The largest absolute Gasteiger partial charge is 0.417 e. The molecular weight excluding hydrogens is 288 g/mol. The van der Waals surface area contributed by atoms with Gasteiger partial charge in [-0.15, -0.1) is 0 Å². The zero-order valence-electron chi connectivity index (χ0n) is 9.20. The number of oxazole rings is 1. The molecule has 0 spiro atoms. The maximum atomic E-state index is 11.0. The van der Waals surface area contributed by atoms with E-state index >= 15 is 0 Å². The van der Waals surface area contributed by atoms with E-state index in [1.807, 2.05) is 6.07 Å². The second kappa shape index (κ2) is 4.75. The molecule has 2 aromatic rings. The lowest BCUT2D eigenvalue weighted by atomic mass is 10.1. The van der Waals surface area contributed by atoms with E-state index in [1.165, 1.54) is 0 Å². The van der Waals surface area contributed by atoms with E-state index < -0.39 is 5.76 Å². The minimum atomic E-state index is -0.454. The van der Waals surface area contributed by atoms with E-state index in [1.54, 1.807) is 24.1 Å². The highest BCUT2D eigenvalue weighted by Crippen LogP contribution is 2.13. The monoisotopic (exact) mass is 298 g/mol. The third kappa shape index (κ3) is 2.76. The lowest BCUT2D eigenvalue weighted by Gasteiger charge is -2.12. The van der Waals surface area contributed by atoms with Crippen LogP contribution in [0.3, 0.4) is 0 Å². The first-order valence-electron chi connectivity index (χ1n) is 5.08. The minimum absolute atomic E-state index is 0.147. The van der Waals surface area contributed by atoms with E-state index in [2.05, 4.69) is 20.9 Å². The fraction of sp³-hybridized carbons (Fsp3) is 0.273. The number of fused-ring (bicyclic) bond motifs is 1. The van der Waals surface area contributed by atoms with Crippen molar-refractivity contribution < 1.29 is 9.21 Å². The third-order valence-corrected chi connectivity index (χ3v) is 3.13. The van der Waals surface area contributed by atoms with Crippen molar-refractivity contribution in [2.75, 3.05) is 13.6 Å². The SMILES string of the molecule is CN(CCc1ccc2[nH]c(=O)oc2c1)C(=O)Br. The zero-order valence-corrected chi connectivity index (χ0v) is 10.8. The number of nitrogens with zero attached hydrogens (tertiary/aromatic N) is 1. The molecule has 0 unspecified atom stereocenters. The predicted molar refractivity (Wildman–Crippen MR) is 67.5 cm³/mol. The Morgan fingerprint density at radius 3 is 3.00 bits per heavy atom. The molecule has 0 fully saturated rings. The molecule has 0 aliphatic carbocycles. The number of benzene rings is 1. The van der Waals surface area contributed by atoms with Crippen molar-refractivity contribution in [2.24, 2.45) is 0 Å².